The van der Waals surface area contributed by atoms with Gasteiger partial charge in [-0.05, 0) is 60.4 Å². The summed E-state index contributed by atoms with van der Waals surface area (Å²) in [5.41, 5.74) is -0.00224. The highest BCUT2D eigenvalue weighted by Gasteiger charge is 2.54. The monoisotopic (exact) mass is 367 g/mol. The van der Waals surface area contributed by atoms with Crippen LogP contribution in [0.15, 0.2) is 11.5 Å². The number of amides is 1. The second-order valence-electron chi connectivity index (χ2n) is 9.18. The first-order chi connectivity index (χ1) is 11.4. The smallest absolute Gasteiger partial charge is 0.444 e. The molecule has 0 radical (unpaired) electrons. The Morgan fingerprint density at radius 1 is 1.24 bits per heavy atom. The van der Waals surface area contributed by atoms with E-state index in [1.54, 1.807) is 0 Å². The number of rotatable bonds is 1. The minimum Gasteiger partial charge on any atom is -0.444 e. The first-order valence-corrected chi connectivity index (χ1v) is 10.2. The molecule has 0 saturated carbocycles. The van der Waals surface area contributed by atoms with Gasteiger partial charge in [0, 0.05) is 17.5 Å². The Bertz CT molecular complexity index is 568. The number of carbonyl (C=O) groups is 1. The predicted octanol–water partition coefficient (Wildman–Crippen LogP) is 3.67. The van der Waals surface area contributed by atoms with Crippen molar-refractivity contribution >= 4 is 25.0 Å². The molecule has 0 aromatic carbocycles. The lowest BCUT2D eigenvalue weighted by Crippen LogP contribution is -2.56. The summed E-state index contributed by atoms with van der Waals surface area (Å²) in [6.45, 7) is 14.0. The van der Waals surface area contributed by atoms with Crippen molar-refractivity contribution in [1.82, 2.24) is 4.90 Å². The van der Waals surface area contributed by atoms with Crippen LogP contribution >= 0.6 is 11.8 Å². The van der Waals surface area contributed by atoms with Gasteiger partial charge < -0.3 is 14.0 Å². The average molecular weight is 367 g/mol. The summed E-state index contributed by atoms with van der Waals surface area (Å²) in [6.07, 6.45) is 2.72. The van der Waals surface area contributed by atoms with Crippen molar-refractivity contribution in [3.05, 3.63) is 11.5 Å². The molecule has 0 spiro atoms. The molecule has 2 unspecified atom stereocenters. The van der Waals surface area contributed by atoms with Gasteiger partial charge in [0.25, 0.3) is 0 Å². The lowest BCUT2D eigenvalue weighted by molar-refractivity contribution is 0.00578. The van der Waals surface area contributed by atoms with E-state index in [1.807, 2.05) is 37.4 Å². The van der Waals surface area contributed by atoms with Crippen molar-refractivity contribution in [2.45, 2.75) is 83.8 Å². The minimum absolute atomic E-state index is 0.0429. The van der Waals surface area contributed by atoms with Crippen molar-refractivity contribution in [2.75, 3.05) is 11.5 Å². The molecule has 3 heterocycles. The van der Waals surface area contributed by atoms with E-state index in [0.29, 0.717) is 0 Å². The average Bonchev–Trinajstić information content (AvgIpc) is 2.64. The molecule has 25 heavy (non-hydrogen) atoms. The Labute approximate surface area is 156 Å². The fourth-order valence-corrected chi connectivity index (χ4v) is 4.58. The first kappa shape index (κ1) is 19.1. The number of hydrogen-bond acceptors (Lipinski definition) is 5. The summed E-state index contributed by atoms with van der Waals surface area (Å²) in [6, 6.07) is 0.180. The fourth-order valence-electron chi connectivity index (χ4n) is 3.40. The van der Waals surface area contributed by atoms with Gasteiger partial charge in [0.2, 0.25) is 0 Å². The molecule has 3 aliphatic heterocycles. The normalized spacial score (nSPS) is 30.9. The van der Waals surface area contributed by atoms with Crippen molar-refractivity contribution < 1.29 is 18.8 Å². The number of fused-ring (bicyclic) bond motifs is 2. The molecule has 5 nitrogen and oxygen atoms in total. The molecular weight excluding hydrogens is 337 g/mol. The highest BCUT2D eigenvalue weighted by atomic mass is 32.2. The summed E-state index contributed by atoms with van der Waals surface area (Å²) >= 11 is 1.89. The van der Waals surface area contributed by atoms with Gasteiger partial charge in [0.15, 0.2) is 0 Å². The zero-order chi connectivity index (χ0) is 18.6. The van der Waals surface area contributed by atoms with E-state index in [2.05, 4.69) is 33.8 Å². The first-order valence-electron chi connectivity index (χ1n) is 9.05. The van der Waals surface area contributed by atoms with Crippen LogP contribution in [0.25, 0.3) is 0 Å². The molecule has 3 aliphatic rings. The van der Waals surface area contributed by atoms with E-state index in [1.165, 1.54) is 0 Å². The zero-order valence-corrected chi connectivity index (χ0v) is 17.2. The van der Waals surface area contributed by atoms with E-state index in [9.17, 15) is 4.79 Å². The number of ether oxygens (including phenoxy) is 1. The second kappa shape index (κ2) is 6.20. The number of hydrogen-bond donors (Lipinski definition) is 0. The summed E-state index contributed by atoms with van der Waals surface area (Å²) < 4.78 is 18.1. The summed E-state index contributed by atoms with van der Waals surface area (Å²) in [5.74, 6) is 1.81. The quantitative estimate of drug-likeness (QED) is 0.662. The third kappa shape index (κ3) is 3.74. The number of thioether (sulfide) groups is 1. The molecular formula is C18H30BNO4S. The topological polar surface area (TPSA) is 48.0 Å². The van der Waals surface area contributed by atoms with E-state index in [4.69, 9.17) is 14.0 Å². The van der Waals surface area contributed by atoms with Crippen molar-refractivity contribution in [3.8, 4) is 0 Å². The summed E-state index contributed by atoms with van der Waals surface area (Å²) in [4.78, 5) is 14.6. The van der Waals surface area contributed by atoms with Gasteiger partial charge in [-0.15, -0.1) is 0 Å². The van der Waals surface area contributed by atoms with Gasteiger partial charge >= 0.3 is 13.2 Å². The molecule has 2 bridgehead atoms. The van der Waals surface area contributed by atoms with Crippen molar-refractivity contribution in [2.24, 2.45) is 0 Å². The van der Waals surface area contributed by atoms with Crippen LogP contribution < -0.4 is 0 Å². The van der Waals surface area contributed by atoms with Gasteiger partial charge in [-0.3, -0.25) is 4.90 Å². The van der Waals surface area contributed by atoms with E-state index in [0.717, 1.165) is 23.4 Å². The van der Waals surface area contributed by atoms with E-state index < -0.39 is 5.60 Å². The molecule has 2 saturated heterocycles. The molecule has 1 amide bonds. The van der Waals surface area contributed by atoms with Crippen LogP contribution in [0, 0.1) is 0 Å². The van der Waals surface area contributed by atoms with Gasteiger partial charge in [0.05, 0.1) is 17.2 Å². The molecule has 0 aromatic heterocycles. The highest BCUT2D eigenvalue weighted by molar-refractivity contribution is 7.99. The van der Waals surface area contributed by atoms with Crippen LogP contribution in [-0.2, 0) is 14.0 Å². The maximum atomic E-state index is 12.7. The number of nitrogens with zero attached hydrogens (tertiary/aromatic N) is 1. The van der Waals surface area contributed by atoms with E-state index in [-0.39, 0.29) is 36.5 Å². The Balaban J connectivity index is 1.79. The maximum Gasteiger partial charge on any atom is 0.490 e. The van der Waals surface area contributed by atoms with Gasteiger partial charge in [-0.1, -0.05) is 6.08 Å². The SMILES string of the molecule is CC(C)(C)OC(=O)N1C2C=C(B3OC(C)(C)C(C)(C)O3)CC1CSC2. The lowest BCUT2D eigenvalue weighted by atomic mass is 9.72. The highest BCUT2D eigenvalue weighted by Crippen LogP contribution is 2.42. The van der Waals surface area contributed by atoms with Crippen molar-refractivity contribution in [1.29, 1.82) is 0 Å². The Hall–Kier alpha value is -0.655. The van der Waals surface area contributed by atoms with Crippen LogP contribution in [0.5, 0.6) is 0 Å². The molecule has 0 aliphatic carbocycles. The van der Waals surface area contributed by atoms with Crippen LogP contribution in [0.1, 0.15) is 54.9 Å². The third-order valence-electron chi connectivity index (χ3n) is 5.39. The Morgan fingerprint density at radius 2 is 1.84 bits per heavy atom. The molecule has 2 fully saturated rings. The molecule has 0 aromatic rings. The molecule has 0 N–H and O–H groups in total. The van der Waals surface area contributed by atoms with Crippen LogP contribution in [0.2, 0.25) is 0 Å². The number of carbonyl (C=O) groups excluding carboxylic acids is 1. The largest absolute Gasteiger partial charge is 0.490 e. The Morgan fingerprint density at radius 3 is 2.36 bits per heavy atom. The van der Waals surface area contributed by atoms with Crippen molar-refractivity contribution in [3.63, 3.8) is 0 Å². The summed E-state index contributed by atoms with van der Waals surface area (Å²) in [5, 5.41) is 0. The summed E-state index contributed by atoms with van der Waals surface area (Å²) in [7, 11) is -0.320. The molecule has 3 rings (SSSR count). The van der Waals surface area contributed by atoms with Gasteiger partial charge in [-0.25, -0.2) is 4.79 Å². The Kier molecular flexibility index (Phi) is 4.74. The third-order valence-corrected chi connectivity index (χ3v) is 6.59. The lowest BCUT2D eigenvalue weighted by Gasteiger charge is -2.44. The van der Waals surface area contributed by atoms with Crippen LogP contribution in [-0.4, -0.2) is 58.5 Å². The van der Waals surface area contributed by atoms with Crippen LogP contribution in [0.4, 0.5) is 4.79 Å². The fraction of sp³-hybridized carbons (Fsp3) is 0.833. The maximum absolute atomic E-state index is 12.7. The molecule has 140 valence electrons. The molecule has 2 atom stereocenters. The van der Waals surface area contributed by atoms with Gasteiger partial charge in [-0.2, -0.15) is 11.8 Å². The van der Waals surface area contributed by atoms with Gasteiger partial charge in [0.1, 0.15) is 5.60 Å². The molecule has 7 heteroatoms. The second-order valence-corrected chi connectivity index (χ2v) is 10.3. The zero-order valence-electron chi connectivity index (χ0n) is 16.4. The predicted molar refractivity (Wildman–Crippen MR) is 102 cm³/mol. The van der Waals surface area contributed by atoms with E-state index >= 15 is 0 Å². The standard InChI is InChI=1S/C18H30BNO4S/c1-16(2,3)22-15(21)20-13-8-12(9-14(20)11-25-10-13)19-23-17(4,5)18(6,7)24-19/h8,13-14H,9-11H2,1-7H3. The minimum atomic E-state index is -0.478. The van der Waals surface area contributed by atoms with Crippen LogP contribution in [0.3, 0.4) is 0 Å².